The lowest BCUT2D eigenvalue weighted by Gasteiger charge is -2.09. The van der Waals surface area contributed by atoms with Crippen molar-refractivity contribution >= 4 is 28.9 Å². The SMILES string of the molecule is CCc1ccc(OCC(=O)Nc2ccc(N)cc2Cl)cc1. The minimum Gasteiger partial charge on any atom is -0.484 e. The summed E-state index contributed by atoms with van der Waals surface area (Å²) >= 11 is 5.99. The third kappa shape index (κ3) is 4.39. The number of hydrogen-bond donors (Lipinski definition) is 2. The molecule has 0 aliphatic carbocycles. The number of anilines is 2. The van der Waals surface area contributed by atoms with Gasteiger partial charge < -0.3 is 15.8 Å². The highest BCUT2D eigenvalue weighted by molar-refractivity contribution is 6.34. The first-order valence-electron chi connectivity index (χ1n) is 6.65. The van der Waals surface area contributed by atoms with Crippen molar-refractivity contribution in [2.24, 2.45) is 0 Å². The number of carbonyl (C=O) groups excluding carboxylic acids is 1. The van der Waals surface area contributed by atoms with Crippen LogP contribution < -0.4 is 15.8 Å². The van der Waals surface area contributed by atoms with Crippen LogP contribution in [0.1, 0.15) is 12.5 Å². The van der Waals surface area contributed by atoms with Crippen LogP contribution in [-0.2, 0) is 11.2 Å². The minimum atomic E-state index is -0.277. The molecule has 0 aromatic heterocycles. The summed E-state index contributed by atoms with van der Waals surface area (Å²) in [5.41, 5.74) is 7.88. The van der Waals surface area contributed by atoms with Gasteiger partial charge in [-0.1, -0.05) is 30.7 Å². The summed E-state index contributed by atoms with van der Waals surface area (Å²) in [7, 11) is 0. The largest absolute Gasteiger partial charge is 0.484 e. The van der Waals surface area contributed by atoms with E-state index in [4.69, 9.17) is 22.1 Å². The van der Waals surface area contributed by atoms with Crippen molar-refractivity contribution in [2.75, 3.05) is 17.7 Å². The maximum atomic E-state index is 11.8. The number of amides is 1. The molecule has 0 atom stereocenters. The molecule has 0 unspecified atom stereocenters. The average molecular weight is 305 g/mol. The van der Waals surface area contributed by atoms with E-state index in [-0.39, 0.29) is 12.5 Å². The summed E-state index contributed by atoms with van der Waals surface area (Å²) in [5, 5.41) is 3.08. The van der Waals surface area contributed by atoms with E-state index in [0.717, 1.165) is 6.42 Å². The quantitative estimate of drug-likeness (QED) is 0.831. The Morgan fingerprint density at radius 3 is 2.57 bits per heavy atom. The molecule has 0 spiro atoms. The maximum absolute atomic E-state index is 11.8. The second-order valence-electron chi connectivity index (χ2n) is 4.57. The molecule has 2 aromatic rings. The predicted molar refractivity (Wildman–Crippen MR) is 85.8 cm³/mol. The van der Waals surface area contributed by atoms with Gasteiger partial charge in [0.1, 0.15) is 5.75 Å². The first-order valence-corrected chi connectivity index (χ1v) is 7.03. The van der Waals surface area contributed by atoms with Gasteiger partial charge in [-0.25, -0.2) is 0 Å². The van der Waals surface area contributed by atoms with E-state index >= 15 is 0 Å². The highest BCUT2D eigenvalue weighted by Gasteiger charge is 2.07. The van der Waals surface area contributed by atoms with Gasteiger partial charge in [-0.15, -0.1) is 0 Å². The summed E-state index contributed by atoms with van der Waals surface area (Å²) in [6, 6.07) is 12.6. The molecule has 0 saturated heterocycles. The van der Waals surface area contributed by atoms with Crippen LogP contribution >= 0.6 is 11.6 Å². The lowest BCUT2D eigenvalue weighted by Crippen LogP contribution is -2.20. The Labute approximate surface area is 128 Å². The molecule has 2 rings (SSSR count). The predicted octanol–water partition coefficient (Wildman–Crippen LogP) is 3.50. The fourth-order valence-electron chi connectivity index (χ4n) is 1.79. The second kappa shape index (κ2) is 6.99. The number of benzene rings is 2. The Bertz CT molecular complexity index is 627. The average Bonchev–Trinajstić information content (AvgIpc) is 2.48. The molecule has 21 heavy (non-hydrogen) atoms. The summed E-state index contributed by atoms with van der Waals surface area (Å²) in [6.45, 7) is 2.01. The van der Waals surface area contributed by atoms with Gasteiger partial charge in [0.25, 0.3) is 5.91 Å². The van der Waals surface area contributed by atoms with E-state index in [1.807, 2.05) is 24.3 Å². The topological polar surface area (TPSA) is 64.3 Å². The summed E-state index contributed by atoms with van der Waals surface area (Å²) in [4.78, 5) is 11.8. The van der Waals surface area contributed by atoms with E-state index in [0.29, 0.717) is 22.1 Å². The van der Waals surface area contributed by atoms with Crippen molar-refractivity contribution in [3.05, 3.63) is 53.1 Å². The number of nitrogens with one attached hydrogen (secondary N) is 1. The zero-order valence-electron chi connectivity index (χ0n) is 11.7. The molecule has 5 heteroatoms. The Balaban J connectivity index is 1.89. The van der Waals surface area contributed by atoms with Crippen molar-refractivity contribution in [2.45, 2.75) is 13.3 Å². The van der Waals surface area contributed by atoms with Gasteiger partial charge in [0.2, 0.25) is 0 Å². The van der Waals surface area contributed by atoms with Gasteiger partial charge in [-0.2, -0.15) is 0 Å². The van der Waals surface area contributed by atoms with Crippen LogP contribution in [0, 0.1) is 0 Å². The van der Waals surface area contributed by atoms with Crippen LogP contribution in [0.3, 0.4) is 0 Å². The molecule has 2 aromatic carbocycles. The zero-order valence-corrected chi connectivity index (χ0v) is 12.5. The number of ether oxygens (including phenoxy) is 1. The Morgan fingerprint density at radius 1 is 1.24 bits per heavy atom. The Morgan fingerprint density at radius 2 is 1.95 bits per heavy atom. The minimum absolute atomic E-state index is 0.0772. The molecular weight excluding hydrogens is 288 g/mol. The lowest BCUT2D eigenvalue weighted by atomic mass is 10.2. The molecule has 0 aliphatic heterocycles. The molecular formula is C16H17ClN2O2. The van der Waals surface area contributed by atoms with Gasteiger partial charge in [0.05, 0.1) is 10.7 Å². The first kappa shape index (κ1) is 15.2. The number of hydrogen-bond acceptors (Lipinski definition) is 3. The number of halogens is 1. The number of nitrogen functional groups attached to an aromatic ring is 1. The number of aryl methyl sites for hydroxylation is 1. The zero-order chi connectivity index (χ0) is 15.2. The van der Waals surface area contributed by atoms with Crippen LogP contribution in [0.4, 0.5) is 11.4 Å². The Kier molecular flexibility index (Phi) is 5.06. The highest BCUT2D eigenvalue weighted by atomic mass is 35.5. The third-order valence-corrected chi connectivity index (χ3v) is 3.28. The molecule has 3 N–H and O–H groups in total. The first-order chi connectivity index (χ1) is 10.1. The van der Waals surface area contributed by atoms with Gasteiger partial charge in [0, 0.05) is 5.69 Å². The third-order valence-electron chi connectivity index (χ3n) is 2.97. The molecule has 0 bridgehead atoms. The fraction of sp³-hybridized carbons (Fsp3) is 0.188. The van der Waals surface area contributed by atoms with Crippen LogP contribution in [0.5, 0.6) is 5.75 Å². The molecule has 0 fully saturated rings. The van der Waals surface area contributed by atoms with Gasteiger partial charge in [0.15, 0.2) is 6.61 Å². The van der Waals surface area contributed by atoms with Crippen molar-refractivity contribution in [1.29, 1.82) is 0 Å². The van der Waals surface area contributed by atoms with Crippen LogP contribution in [-0.4, -0.2) is 12.5 Å². The summed E-state index contributed by atoms with van der Waals surface area (Å²) < 4.78 is 5.42. The normalized spacial score (nSPS) is 10.2. The highest BCUT2D eigenvalue weighted by Crippen LogP contribution is 2.24. The van der Waals surface area contributed by atoms with Crippen molar-refractivity contribution in [3.63, 3.8) is 0 Å². The van der Waals surface area contributed by atoms with E-state index < -0.39 is 0 Å². The molecule has 0 aliphatic rings. The monoisotopic (exact) mass is 304 g/mol. The smallest absolute Gasteiger partial charge is 0.262 e. The number of carbonyl (C=O) groups is 1. The summed E-state index contributed by atoms with van der Waals surface area (Å²) in [5.74, 6) is 0.381. The van der Waals surface area contributed by atoms with Crippen molar-refractivity contribution in [3.8, 4) is 5.75 Å². The number of rotatable bonds is 5. The van der Waals surface area contributed by atoms with E-state index in [1.54, 1.807) is 18.2 Å². The summed E-state index contributed by atoms with van der Waals surface area (Å²) in [6.07, 6.45) is 0.969. The second-order valence-corrected chi connectivity index (χ2v) is 4.98. The molecule has 110 valence electrons. The van der Waals surface area contributed by atoms with Crippen molar-refractivity contribution in [1.82, 2.24) is 0 Å². The molecule has 0 saturated carbocycles. The van der Waals surface area contributed by atoms with E-state index in [2.05, 4.69) is 12.2 Å². The fourth-order valence-corrected chi connectivity index (χ4v) is 2.03. The number of nitrogens with two attached hydrogens (primary N) is 1. The van der Waals surface area contributed by atoms with Gasteiger partial charge in [-0.3, -0.25) is 4.79 Å². The van der Waals surface area contributed by atoms with E-state index in [1.165, 1.54) is 5.56 Å². The van der Waals surface area contributed by atoms with Gasteiger partial charge in [-0.05, 0) is 42.3 Å². The van der Waals surface area contributed by atoms with Crippen molar-refractivity contribution < 1.29 is 9.53 Å². The molecule has 0 radical (unpaired) electrons. The van der Waals surface area contributed by atoms with Crippen LogP contribution in [0.15, 0.2) is 42.5 Å². The Hall–Kier alpha value is -2.20. The van der Waals surface area contributed by atoms with Crippen LogP contribution in [0.2, 0.25) is 5.02 Å². The molecule has 0 heterocycles. The standard InChI is InChI=1S/C16H17ClN2O2/c1-2-11-3-6-13(7-4-11)21-10-16(20)19-15-8-5-12(18)9-14(15)17/h3-9H,2,10,18H2,1H3,(H,19,20). The molecule has 1 amide bonds. The van der Waals surface area contributed by atoms with Gasteiger partial charge >= 0.3 is 0 Å². The van der Waals surface area contributed by atoms with Crippen LogP contribution in [0.25, 0.3) is 0 Å². The maximum Gasteiger partial charge on any atom is 0.262 e. The van der Waals surface area contributed by atoms with E-state index in [9.17, 15) is 4.79 Å². The molecule has 4 nitrogen and oxygen atoms in total. The lowest BCUT2D eigenvalue weighted by molar-refractivity contribution is -0.118.